The average Bonchev–Trinajstić information content (AvgIpc) is 2.90. The van der Waals surface area contributed by atoms with E-state index in [0.717, 1.165) is 23.5 Å². The number of hydrogen-bond donors (Lipinski definition) is 1. The first-order chi connectivity index (χ1) is 13.1. The maximum absolute atomic E-state index is 13.1. The first kappa shape index (κ1) is 21.8. The van der Waals surface area contributed by atoms with Crippen LogP contribution >= 0.6 is 0 Å². The number of aryl methyl sites for hydroxylation is 1. The number of hydrogen-bond acceptors (Lipinski definition) is 3. The van der Waals surface area contributed by atoms with Gasteiger partial charge < -0.3 is 19.4 Å². The normalized spacial score (nSPS) is 11.8. The summed E-state index contributed by atoms with van der Waals surface area (Å²) in [6.07, 6.45) is -4.53. The quantitative estimate of drug-likeness (QED) is 0.669. The van der Waals surface area contributed by atoms with Crippen LogP contribution in [-0.2, 0) is 10.9 Å². The third-order valence-corrected chi connectivity index (χ3v) is 4.35. The molecule has 0 fully saturated rings. The molecule has 0 aliphatic carbocycles. The summed E-state index contributed by atoms with van der Waals surface area (Å²) in [5, 5.41) is 2.57. The van der Waals surface area contributed by atoms with Gasteiger partial charge in [-0.05, 0) is 52.0 Å². The van der Waals surface area contributed by atoms with Crippen molar-refractivity contribution in [3.8, 4) is 5.75 Å². The lowest BCUT2D eigenvalue weighted by Crippen LogP contribution is -2.16. The number of carbonyl (C=O) groups is 1. The first-order valence-corrected chi connectivity index (χ1v) is 8.89. The Kier molecular flexibility index (Phi) is 6.77. The van der Waals surface area contributed by atoms with E-state index in [4.69, 9.17) is 9.47 Å². The van der Waals surface area contributed by atoms with Crippen molar-refractivity contribution in [2.45, 2.75) is 39.9 Å². The zero-order valence-electron chi connectivity index (χ0n) is 16.6. The molecule has 0 saturated carbocycles. The number of methoxy groups -OCH3 is 1. The number of halogens is 3. The highest BCUT2D eigenvalue weighted by Gasteiger charge is 2.31. The van der Waals surface area contributed by atoms with E-state index in [0.29, 0.717) is 5.56 Å². The van der Waals surface area contributed by atoms with E-state index in [9.17, 15) is 18.0 Å². The summed E-state index contributed by atoms with van der Waals surface area (Å²) < 4.78 is 51.7. The molecule has 1 aromatic carbocycles. The highest BCUT2D eigenvalue weighted by atomic mass is 19.4. The van der Waals surface area contributed by atoms with Crippen molar-refractivity contribution in [2.75, 3.05) is 25.6 Å². The van der Waals surface area contributed by atoms with Gasteiger partial charge in [0.2, 0.25) is 0 Å². The number of amides is 1. The Hall–Kier alpha value is -2.48. The van der Waals surface area contributed by atoms with Crippen LogP contribution in [0.1, 0.15) is 47.2 Å². The maximum Gasteiger partial charge on any atom is 0.416 e. The Morgan fingerprint density at radius 1 is 1.18 bits per heavy atom. The van der Waals surface area contributed by atoms with Crippen molar-refractivity contribution in [1.29, 1.82) is 0 Å². The van der Waals surface area contributed by atoms with Crippen molar-refractivity contribution >= 4 is 11.6 Å². The molecule has 0 spiro atoms. The predicted molar refractivity (Wildman–Crippen MR) is 101 cm³/mol. The van der Waals surface area contributed by atoms with Crippen molar-refractivity contribution in [2.24, 2.45) is 0 Å². The zero-order chi connectivity index (χ0) is 21.1. The monoisotopic (exact) mass is 398 g/mol. The topological polar surface area (TPSA) is 52.5 Å². The molecule has 1 aromatic heterocycles. The standard InChI is InChI=1S/C20H25F3N2O3/c1-12(2)25-13(3)10-16(14(25)4)19(26)24-17-11-15(20(21,22)23)6-7-18(17)28-9-8-27-5/h6-7,10-12H,8-9H2,1-5H3,(H,24,26). The molecule has 154 valence electrons. The van der Waals surface area contributed by atoms with Crippen LogP contribution in [-0.4, -0.2) is 30.8 Å². The molecule has 8 heteroatoms. The smallest absolute Gasteiger partial charge is 0.416 e. The summed E-state index contributed by atoms with van der Waals surface area (Å²) in [4.78, 5) is 12.8. The number of nitrogens with one attached hydrogen (secondary N) is 1. The second kappa shape index (κ2) is 8.68. The average molecular weight is 398 g/mol. The van der Waals surface area contributed by atoms with Crippen LogP contribution in [0.15, 0.2) is 24.3 Å². The van der Waals surface area contributed by atoms with Gasteiger partial charge in [0.15, 0.2) is 0 Å². The molecule has 1 amide bonds. The molecule has 0 bridgehead atoms. The lowest BCUT2D eigenvalue weighted by atomic mass is 10.1. The maximum atomic E-state index is 13.1. The number of rotatable bonds is 7. The molecule has 28 heavy (non-hydrogen) atoms. The highest BCUT2D eigenvalue weighted by Crippen LogP contribution is 2.35. The van der Waals surface area contributed by atoms with Crippen molar-refractivity contribution in [1.82, 2.24) is 4.57 Å². The molecule has 0 aliphatic heterocycles. The number of carbonyl (C=O) groups excluding carboxylic acids is 1. The number of nitrogens with zero attached hydrogens (tertiary/aromatic N) is 1. The van der Waals surface area contributed by atoms with Crippen molar-refractivity contribution < 1.29 is 27.4 Å². The number of ether oxygens (including phenoxy) is 2. The zero-order valence-corrected chi connectivity index (χ0v) is 16.6. The first-order valence-electron chi connectivity index (χ1n) is 8.89. The van der Waals surface area contributed by atoms with Crippen LogP contribution in [0.2, 0.25) is 0 Å². The Bertz CT molecular complexity index is 842. The second-order valence-corrected chi connectivity index (χ2v) is 6.75. The van der Waals surface area contributed by atoms with Crippen molar-refractivity contribution in [3.63, 3.8) is 0 Å². The van der Waals surface area contributed by atoms with E-state index in [1.807, 2.05) is 32.3 Å². The minimum Gasteiger partial charge on any atom is -0.489 e. The molecule has 0 radical (unpaired) electrons. The molecule has 5 nitrogen and oxygen atoms in total. The molecule has 2 rings (SSSR count). The highest BCUT2D eigenvalue weighted by molar-refractivity contribution is 6.06. The number of alkyl halides is 3. The molecule has 0 saturated heterocycles. The van der Waals surface area contributed by atoms with E-state index < -0.39 is 17.6 Å². The fraction of sp³-hybridized carbons (Fsp3) is 0.450. The minimum atomic E-state index is -4.53. The van der Waals surface area contributed by atoms with Gasteiger partial charge in [-0.25, -0.2) is 0 Å². The lowest BCUT2D eigenvalue weighted by molar-refractivity contribution is -0.137. The van der Waals surface area contributed by atoms with Gasteiger partial charge in [0, 0.05) is 24.5 Å². The minimum absolute atomic E-state index is 0.0368. The summed E-state index contributed by atoms with van der Waals surface area (Å²) >= 11 is 0. The Labute approximate surface area is 162 Å². The Morgan fingerprint density at radius 2 is 1.86 bits per heavy atom. The number of aromatic nitrogens is 1. The largest absolute Gasteiger partial charge is 0.489 e. The SMILES string of the molecule is COCCOc1ccc(C(F)(F)F)cc1NC(=O)c1cc(C)n(C(C)C)c1C. The second-order valence-electron chi connectivity index (χ2n) is 6.75. The number of benzene rings is 1. The lowest BCUT2D eigenvalue weighted by Gasteiger charge is -2.16. The third kappa shape index (κ3) is 4.86. The van der Waals surface area contributed by atoms with Gasteiger partial charge in [0.05, 0.1) is 23.4 Å². The molecule has 2 aromatic rings. The molecule has 0 atom stereocenters. The van der Waals surface area contributed by atoms with Crippen LogP contribution in [0.25, 0.3) is 0 Å². The Morgan fingerprint density at radius 3 is 2.39 bits per heavy atom. The van der Waals surface area contributed by atoms with Gasteiger partial charge in [0.25, 0.3) is 5.91 Å². The molecule has 1 heterocycles. The summed E-state index contributed by atoms with van der Waals surface area (Å²) in [6, 6.07) is 4.88. The fourth-order valence-corrected chi connectivity index (χ4v) is 3.16. The van der Waals surface area contributed by atoms with E-state index in [-0.39, 0.29) is 30.7 Å². The van der Waals surface area contributed by atoms with E-state index >= 15 is 0 Å². The van der Waals surface area contributed by atoms with Crippen molar-refractivity contribution in [3.05, 3.63) is 46.8 Å². The molecule has 0 aliphatic rings. The van der Waals surface area contributed by atoms with Crippen LogP contribution in [0.4, 0.5) is 18.9 Å². The van der Waals surface area contributed by atoms with E-state index in [1.54, 1.807) is 6.07 Å². The van der Waals surface area contributed by atoms with E-state index in [2.05, 4.69) is 5.32 Å². The van der Waals surface area contributed by atoms with Gasteiger partial charge in [-0.1, -0.05) is 0 Å². The van der Waals surface area contributed by atoms with Gasteiger partial charge in [0.1, 0.15) is 12.4 Å². The Balaban J connectivity index is 2.37. The summed E-state index contributed by atoms with van der Waals surface area (Å²) in [6.45, 7) is 8.10. The van der Waals surface area contributed by atoms with Crippen LogP contribution in [0, 0.1) is 13.8 Å². The number of anilines is 1. The van der Waals surface area contributed by atoms with Gasteiger partial charge >= 0.3 is 6.18 Å². The molecule has 0 unspecified atom stereocenters. The van der Waals surface area contributed by atoms with E-state index in [1.165, 1.54) is 13.2 Å². The van der Waals surface area contributed by atoms with Crippen LogP contribution < -0.4 is 10.1 Å². The summed E-state index contributed by atoms with van der Waals surface area (Å²) in [5.41, 5.74) is 1.16. The molecule has 1 N–H and O–H groups in total. The third-order valence-electron chi connectivity index (χ3n) is 4.35. The van der Waals surface area contributed by atoms with Crippen LogP contribution in [0.5, 0.6) is 5.75 Å². The predicted octanol–water partition coefficient (Wildman–Crippen LogP) is 4.98. The van der Waals surface area contributed by atoms with Gasteiger partial charge in [-0.2, -0.15) is 13.2 Å². The summed E-state index contributed by atoms with van der Waals surface area (Å²) in [7, 11) is 1.49. The van der Waals surface area contributed by atoms with Gasteiger partial charge in [-0.15, -0.1) is 0 Å². The fourth-order valence-electron chi connectivity index (χ4n) is 3.16. The van der Waals surface area contributed by atoms with Gasteiger partial charge in [-0.3, -0.25) is 4.79 Å². The molecular formula is C20H25F3N2O3. The molecular weight excluding hydrogens is 373 g/mol. The van der Waals surface area contributed by atoms with Crippen LogP contribution in [0.3, 0.4) is 0 Å². The summed E-state index contributed by atoms with van der Waals surface area (Å²) in [5.74, 6) is -0.341.